The van der Waals surface area contributed by atoms with E-state index in [4.69, 9.17) is 16.3 Å². The number of thioether (sulfide) groups is 1. The Morgan fingerprint density at radius 3 is 2.85 bits per heavy atom. The molecule has 1 heterocycles. The maximum atomic E-state index is 12.7. The van der Waals surface area contributed by atoms with Crippen LogP contribution in [0.5, 0.6) is 5.75 Å². The highest BCUT2D eigenvalue weighted by Gasteiger charge is 2.28. The zero-order valence-corrected chi connectivity index (χ0v) is 13.7. The summed E-state index contributed by atoms with van der Waals surface area (Å²) in [6.07, 6.45) is 0.881. The first-order valence-electron chi connectivity index (χ1n) is 6.40. The summed E-state index contributed by atoms with van der Waals surface area (Å²) in [7, 11) is -2.02. The minimum atomic E-state index is -3.50. The average Bonchev–Trinajstić information content (AvgIpc) is 2.76. The molecule has 0 spiro atoms. The number of benzene rings is 1. The van der Waals surface area contributed by atoms with E-state index in [-0.39, 0.29) is 4.90 Å². The van der Waals surface area contributed by atoms with Crippen LogP contribution in [0.25, 0.3) is 0 Å². The van der Waals surface area contributed by atoms with Crippen molar-refractivity contribution in [2.75, 3.05) is 31.7 Å². The molecule has 0 saturated carbocycles. The second kappa shape index (κ2) is 7.02. The summed E-state index contributed by atoms with van der Waals surface area (Å²) in [4.78, 5) is 0.223. The van der Waals surface area contributed by atoms with Crippen LogP contribution in [-0.4, -0.2) is 44.4 Å². The molecule has 1 aliphatic rings. The summed E-state index contributed by atoms with van der Waals surface area (Å²) in [5.41, 5.74) is 0.842. The Bertz CT molecular complexity index is 555. The third-order valence-electron chi connectivity index (χ3n) is 3.18. The van der Waals surface area contributed by atoms with Gasteiger partial charge in [-0.15, -0.1) is 11.6 Å². The average molecular weight is 336 g/mol. The third-order valence-corrected chi connectivity index (χ3v) is 6.48. The van der Waals surface area contributed by atoms with E-state index in [2.05, 4.69) is 0 Å². The van der Waals surface area contributed by atoms with E-state index in [0.717, 1.165) is 23.5 Å². The fraction of sp³-hybridized carbons (Fsp3) is 0.538. The summed E-state index contributed by atoms with van der Waals surface area (Å²) < 4.78 is 32.2. The van der Waals surface area contributed by atoms with Crippen LogP contribution >= 0.6 is 23.4 Å². The topological polar surface area (TPSA) is 46.6 Å². The molecule has 1 saturated heterocycles. The Balaban J connectivity index is 2.37. The summed E-state index contributed by atoms with van der Waals surface area (Å²) in [6.45, 7) is 1.11. The van der Waals surface area contributed by atoms with E-state index in [0.29, 0.717) is 24.7 Å². The molecule has 1 aliphatic heterocycles. The SMILES string of the molecule is COc1cc(CCl)ccc1S(=O)(=O)N1CCCSCC1. The van der Waals surface area contributed by atoms with Gasteiger partial charge in [0.05, 0.1) is 7.11 Å². The maximum absolute atomic E-state index is 12.7. The Hall–Kier alpha value is -0.430. The molecule has 0 unspecified atom stereocenters. The minimum absolute atomic E-state index is 0.223. The van der Waals surface area contributed by atoms with Gasteiger partial charge in [0.25, 0.3) is 0 Å². The van der Waals surface area contributed by atoms with Crippen molar-refractivity contribution in [2.24, 2.45) is 0 Å². The van der Waals surface area contributed by atoms with Gasteiger partial charge in [0, 0.05) is 24.7 Å². The van der Waals surface area contributed by atoms with Crippen LogP contribution in [0.15, 0.2) is 23.1 Å². The first-order valence-corrected chi connectivity index (χ1v) is 9.53. The lowest BCUT2D eigenvalue weighted by Gasteiger charge is -2.21. The lowest BCUT2D eigenvalue weighted by Crippen LogP contribution is -2.33. The van der Waals surface area contributed by atoms with Gasteiger partial charge < -0.3 is 4.74 Å². The molecular formula is C13H18ClNO3S2. The van der Waals surface area contributed by atoms with Crippen molar-refractivity contribution in [3.05, 3.63) is 23.8 Å². The summed E-state index contributed by atoms with van der Waals surface area (Å²) in [5.74, 6) is 2.53. The summed E-state index contributed by atoms with van der Waals surface area (Å²) in [5, 5.41) is 0. The maximum Gasteiger partial charge on any atom is 0.246 e. The molecule has 0 N–H and O–H groups in total. The van der Waals surface area contributed by atoms with Gasteiger partial charge in [-0.2, -0.15) is 16.1 Å². The molecule has 20 heavy (non-hydrogen) atoms. The molecule has 0 aromatic heterocycles. The van der Waals surface area contributed by atoms with Gasteiger partial charge in [-0.25, -0.2) is 8.42 Å². The van der Waals surface area contributed by atoms with Crippen LogP contribution in [0.2, 0.25) is 0 Å². The van der Waals surface area contributed by atoms with Crippen molar-refractivity contribution in [2.45, 2.75) is 17.2 Å². The summed E-state index contributed by atoms with van der Waals surface area (Å²) in [6, 6.07) is 5.01. The number of halogens is 1. The molecule has 1 aromatic carbocycles. The molecule has 0 radical (unpaired) electrons. The van der Waals surface area contributed by atoms with Crippen LogP contribution in [0.3, 0.4) is 0 Å². The first kappa shape index (κ1) is 15.9. The Morgan fingerprint density at radius 2 is 2.15 bits per heavy atom. The summed E-state index contributed by atoms with van der Waals surface area (Å²) >= 11 is 7.57. The van der Waals surface area contributed by atoms with Crippen molar-refractivity contribution in [3.8, 4) is 5.75 Å². The second-order valence-electron chi connectivity index (χ2n) is 4.49. The monoisotopic (exact) mass is 335 g/mol. The lowest BCUT2D eigenvalue weighted by atomic mass is 10.2. The number of sulfonamides is 1. The van der Waals surface area contributed by atoms with E-state index in [1.165, 1.54) is 7.11 Å². The van der Waals surface area contributed by atoms with E-state index in [1.54, 1.807) is 34.3 Å². The van der Waals surface area contributed by atoms with Crippen LogP contribution in [0.1, 0.15) is 12.0 Å². The van der Waals surface area contributed by atoms with Crippen molar-refractivity contribution in [1.82, 2.24) is 4.31 Å². The van der Waals surface area contributed by atoms with Gasteiger partial charge >= 0.3 is 0 Å². The molecular weight excluding hydrogens is 318 g/mol. The van der Waals surface area contributed by atoms with Crippen molar-refractivity contribution in [3.63, 3.8) is 0 Å². The third kappa shape index (κ3) is 3.42. The van der Waals surface area contributed by atoms with Gasteiger partial charge in [0.1, 0.15) is 10.6 Å². The predicted octanol–water partition coefficient (Wildman–Crippen LogP) is 2.56. The van der Waals surface area contributed by atoms with Gasteiger partial charge in [-0.05, 0) is 29.9 Å². The largest absolute Gasteiger partial charge is 0.495 e. The van der Waals surface area contributed by atoms with E-state index in [1.807, 2.05) is 0 Å². The van der Waals surface area contributed by atoms with Crippen LogP contribution in [-0.2, 0) is 15.9 Å². The zero-order chi connectivity index (χ0) is 14.6. The quantitative estimate of drug-likeness (QED) is 0.793. The van der Waals surface area contributed by atoms with Crippen molar-refractivity contribution < 1.29 is 13.2 Å². The first-order chi connectivity index (χ1) is 9.59. The van der Waals surface area contributed by atoms with Crippen LogP contribution in [0, 0.1) is 0 Å². The van der Waals surface area contributed by atoms with Crippen LogP contribution in [0.4, 0.5) is 0 Å². The lowest BCUT2D eigenvalue weighted by molar-refractivity contribution is 0.393. The van der Waals surface area contributed by atoms with Crippen LogP contribution < -0.4 is 4.74 Å². The number of hydrogen-bond donors (Lipinski definition) is 0. The predicted molar refractivity (Wildman–Crippen MR) is 83.3 cm³/mol. The molecule has 7 heteroatoms. The molecule has 0 atom stereocenters. The molecule has 0 amide bonds. The Labute approximate surface area is 129 Å². The molecule has 0 aliphatic carbocycles. The van der Waals surface area contributed by atoms with E-state index in [9.17, 15) is 8.42 Å². The molecule has 0 bridgehead atoms. The molecule has 112 valence electrons. The number of hydrogen-bond acceptors (Lipinski definition) is 4. The number of alkyl halides is 1. The fourth-order valence-electron chi connectivity index (χ4n) is 2.11. The second-order valence-corrected chi connectivity index (χ2v) is 7.89. The van der Waals surface area contributed by atoms with Gasteiger partial charge in [-0.3, -0.25) is 0 Å². The highest BCUT2D eigenvalue weighted by atomic mass is 35.5. The van der Waals surface area contributed by atoms with Gasteiger partial charge in [0.2, 0.25) is 10.0 Å². The molecule has 1 fully saturated rings. The van der Waals surface area contributed by atoms with Crippen molar-refractivity contribution >= 4 is 33.4 Å². The fourth-order valence-corrected chi connectivity index (χ4v) is 4.90. The van der Waals surface area contributed by atoms with Crippen molar-refractivity contribution in [1.29, 1.82) is 0 Å². The highest BCUT2D eigenvalue weighted by Crippen LogP contribution is 2.29. The molecule has 2 rings (SSSR count). The van der Waals surface area contributed by atoms with Gasteiger partial charge in [-0.1, -0.05) is 6.07 Å². The normalized spacial score (nSPS) is 17.7. The van der Waals surface area contributed by atoms with Gasteiger partial charge in [0.15, 0.2) is 0 Å². The number of methoxy groups -OCH3 is 1. The number of ether oxygens (including phenoxy) is 1. The Kier molecular flexibility index (Phi) is 5.60. The Morgan fingerprint density at radius 1 is 1.35 bits per heavy atom. The minimum Gasteiger partial charge on any atom is -0.495 e. The van der Waals surface area contributed by atoms with E-state index < -0.39 is 10.0 Å². The number of rotatable bonds is 4. The molecule has 1 aromatic rings. The zero-order valence-electron chi connectivity index (χ0n) is 11.3. The number of nitrogens with zero attached hydrogens (tertiary/aromatic N) is 1. The van der Waals surface area contributed by atoms with E-state index >= 15 is 0 Å². The smallest absolute Gasteiger partial charge is 0.246 e. The highest BCUT2D eigenvalue weighted by molar-refractivity contribution is 7.99. The molecule has 4 nitrogen and oxygen atoms in total. The standard InChI is InChI=1S/C13H18ClNO3S2/c1-18-12-9-11(10-14)3-4-13(12)20(16,17)15-5-2-7-19-8-6-15/h3-4,9H,2,5-8,10H2,1H3.